The highest BCUT2D eigenvalue weighted by Crippen LogP contribution is 2.29. The van der Waals surface area contributed by atoms with Gasteiger partial charge in [-0.2, -0.15) is 8.42 Å². The molecule has 0 saturated heterocycles. The Morgan fingerprint density at radius 2 is 1.50 bits per heavy atom. The SMILES string of the molecule is Cc1cc(OCCCON=C(N)N)cc(OS(=O)(=O)c2ccccc2S(=O)(=O)N(C)CCc2ccccc2)c1.Cl. The molecule has 0 radical (unpaired) electrons. The number of benzene rings is 3. The summed E-state index contributed by atoms with van der Waals surface area (Å²) in [6, 6.07) is 19.4. The molecule has 0 aliphatic carbocycles. The van der Waals surface area contributed by atoms with E-state index in [1.165, 1.54) is 43.4 Å². The van der Waals surface area contributed by atoms with E-state index in [-0.39, 0.29) is 48.8 Å². The van der Waals surface area contributed by atoms with Crippen LogP contribution in [0.2, 0.25) is 0 Å². The van der Waals surface area contributed by atoms with Crippen molar-refractivity contribution < 1.29 is 30.6 Å². The normalized spacial score (nSPS) is 11.4. The maximum absolute atomic E-state index is 13.4. The van der Waals surface area contributed by atoms with Crippen LogP contribution >= 0.6 is 12.4 Å². The van der Waals surface area contributed by atoms with Crippen molar-refractivity contribution >= 4 is 38.5 Å². The summed E-state index contributed by atoms with van der Waals surface area (Å²) in [5, 5.41) is 3.41. The van der Waals surface area contributed by atoms with Gasteiger partial charge in [0.1, 0.15) is 27.9 Å². The lowest BCUT2D eigenvalue weighted by atomic mass is 10.2. The third kappa shape index (κ3) is 9.30. The van der Waals surface area contributed by atoms with Gasteiger partial charge < -0.3 is 25.2 Å². The molecule has 0 saturated carbocycles. The summed E-state index contributed by atoms with van der Waals surface area (Å²) >= 11 is 0. The van der Waals surface area contributed by atoms with E-state index in [2.05, 4.69) is 5.16 Å². The molecule has 0 fully saturated rings. The Labute approximate surface area is 241 Å². The molecule has 0 amide bonds. The number of nitrogens with zero attached hydrogens (tertiary/aromatic N) is 2. The van der Waals surface area contributed by atoms with Crippen LogP contribution in [0.5, 0.6) is 11.5 Å². The molecule has 3 rings (SSSR count). The van der Waals surface area contributed by atoms with E-state index in [0.29, 0.717) is 24.2 Å². The molecule has 0 atom stereocenters. The van der Waals surface area contributed by atoms with Crippen LogP contribution in [0.4, 0.5) is 0 Å². The highest BCUT2D eigenvalue weighted by molar-refractivity contribution is 7.91. The van der Waals surface area contributed by atoms with Gasteiger partial charge in [0.15, 0.2) is 0 Å². The first-order valence-corrected chi connectivity index (χ1v) is 14.8. The molecule has 0 spiro atoms. The average molecular weight is 613 g/mol. The lowest BCUT2D eigenvalue weighted by molar-refractivity contribution is 0.127. The number of guanidine groups is 1. The first kappa shape index (κ1) is 32.7. The van der Waals surface area contributed by atoms with Gasteiger partial charge in [0.25, 0.3) is 0 Å². The molecule has 4 N–H and O–H groups in total. The number of hydrogen-bond acceptors (Lipinski definition) is 8. The van der Waals surface area contributed by atoms with Gasteiger partial charge in [0.05, 0.1) is 6.61 Å². The van der Waals surface area contributed by atoms with Crippen molar-refractivity contribution in [3.8, 4) is 11.5 Å². The van der Waals surface area contributed by atoms with Crippen molar-refractivity contribution in [2.24, 2.45) is 16.6 Å². The van der Waals surface area contributed by atoms with Gasteiger partial charge in [-0.1, -0.05) is 42.5 Å². The molecule has 0 aliphatic heterocycles. The van der Waals surface area contributed by atoms with Crippen LogP contribution in [0.15, 0.2) is 87.7 Å². The Hall–Kier alpha value is -3.52. The summed E-state index contributed by atoms with van der Waals surface area (Å²) in [6.07, 6.45) is 0.927. The molecule has 0 heterocycles. The van der Waals surface area contributed by atoms with E-state index in [4.69, 9.17) is 25.2 Å². The van der Waals surface area contributed by atoms with Crippen LogP contribution < -0.4 is 20.4 Å². The van der Waals surface area contributed by atoms with Crippen molar-refractivity contribution in [3.05, 3.63) is 83.9 Å². The highest BCUT2D eigenvalue weighted by atomic mass is 35.5. The molecule has 0 unspecified atom stereocenters. The van der Waals surface area contributed by atoms with Crippen molar-refractivity contribution in [3.63, 3.8) is 0 Å². The first-order valence-electron chi connectivity index (χ1n) is 12.0. The predicted molar refractivity (Wildman–Crippen MR) is 155 cm³/mol. The average Bonchev–Trinajstić information content (AvgIpc) is 2.89. The van der Waals surface area contributed by atoms with Gasteiger partial charge in [-0.3, -0.25) is 0 Å². The summed E-state index contributed by atoms with van der Waals surface area (Å²) in [5.41, 5.74) is 12.0. The van der Waals surface area contributed by atoms with Crippen LogP contribution in [0.3, 0.4) is 0 Å². The number of ether oxygens (including phenoxy) is 1. The zero-order valence-electron chi connectivity index (χ0n) is 22.1. The highest BCUT2D eigenvalue weighted by Gasteiger charge is 2.30. The Morgan fingerprint density at radius 1 is 0.875 bits per heavy atom. The summed E-state index contributed by atoms with van der Waals surface area (Å²) in [7, 11) is -7.25. The molecule has 0 aliphatic rings. The van der Waals surface area contributed by atoms with E-state index in [9.17, 15) is 16.8 Å². The Kier molecular flexibility index (Phi) is 12.1. The summed E-state index contributed by atoms with van der Waals surface area (Å²) < 4.78 is 65.5. The maximum Gasteiger partial charge on any atom is 0.340 e. The molecule has 3 aromatic rings. The number of nitrogens with two attached hydrogens (primary N) is 2. The van der Waals surface area contributed by atoms with Gasteiger partial charge in [-0.25, -0.2) is 12.7 Å². The largest absolute Gasteiger partial charge is 0.493 e. The predicted octanol–water partition coefficient (Wildman–Crippen LogP) is 3.02. The standard InChI is InChI=1S/C26H32N4O7S2.ClH/c1-20-17-22(35-15-8-16-36-29-26(27)28)19-23(18-20)37-39(33,34)25-12-7-6-11-24(25)38(31,32)30(2)14-13-21-9-4-3-5-10-21;/h3-7,9-12,17-19H,8,13-16H2,1-2H3,(H4,27,28,29);1H. The van der Waals surface area contributed by atoms with E-state index in [1.807, 2.05) is 30.3 Å². The van der Waals surface area contributed by atoms with Crippen LogP contribution in [0, 0.1) is 6.92 Å². The van der Waals surface area contributed by atoms with Gasteiger partial charge in [-0.05, 0) is 53.9 Å². The third-order valence-corrected chi connectivity index (χ3v) is 8.76. The monoisotopic (exact) mass is 612 g/mol. The zero-order valence-corrected chi connectivity index (χ0v) is 24.5. The van der Waals surface area contributed by atoms with Crippen LogP contribution in [0.1, 0.15) is 17.5 Å². The van der Waals surface area contributed by atoms with E-state index in [0.717, 1.165) is 9.87 Å². The van der Waals surface area contributed by atoms with Crippen LogP contribution in [0.25, 0.3) is 0 Å². The van der Waals surface area contributed by atoms with Crippen molar-refractivity contribution in [1.82, 2.24) is 4.31 Å². The minimum atomic E-state index is -4.52. The zero-order chi connectivity index (χ0) is 28.5. The third-order valence-electron chi connectivity index (χ3n) is 5.41. The second-order valence-electron chi connectivity index (χ2n) is 8.58. The number of rotatable bonds is 14. The van der Waals surface area contributed by atoms with Gasteiger partial charge in [0, 0.05) is 26.1 Å². The topological polar surface area (TPSA) is 164 Å². The Bertz CT molecular complexity index is 1500. The molecule has 218 valence electrons. The summed E-state index contributed by atoms with van der Waals surface area (Å²) in [4.78, 5) is 4.06. The number of hydrogen-bond donors (Lipinski definition) is 2. The quantitative estimate of drug-likeness (QED) is 0.0915. The molecule has 14 heteroatoms. The van der Waals surface area contributed by atoms with Gasteiger partial charge in [0.2, 0.25) is 16.0 Å². The summed E-state index contributed by atoms with van der Waals surface area (Å²) in [6.45, 7) is 2.37. The van der Waals surface area contributed by atoms with Crippen molar-refractivity contribution in [1.29, 1.82) is 0 Å². The number of aryl methyl sites for hydroxylation is 1. The second-order valence-corrected chi connectivity index (χ2v) is 12.1. The Morgan fingerprint density at radius 3 is 2.17 bits per heavy atom. The second kappa shape index (κ2) is 14.7. The molecule has 0 bridgehead atoms. The fourth-order valence-corrected chi connectivity index (χ4v) is 6.40. The van der Waals surface area contributed by atoms with E-state index >= 15 is 0 Å². The van der Waals surface area contributed by atoms with Crippen LogP contribution in [-0.2, 0) is 31.4 Å². The fraction of sp³-hybridized carbons (Fsp3) is 0.269. The van der Waals surface area contributed by atoms with Crippen LogP contribution in [-0.4, -0.2) is 53.9 Å². The number of likely N-dealkylation sites (N-methyl/N-ethyl adjacent to an activating group) is 1. The summed E-state index contributed by atoms with van der Waals surface area (Å²) in [5.74, 6) is 0.154. The molecule has 0 aromatic heterocycles. The minimum absolute atomic E-state index is 0. The smallest absolute Gasteiger partial charge is 0.340 e. The fourth-order valence-electron chi connectivity index (χ4n) is 3.54. The Balaban J connectivity index is 0.00000560. The molecule has 11 nitrogen and oxygen atoms in total. The van der Waals surface area contributed by atoms with E-state index in [1.54, 1.807) is 13.0 Å². The maximum atomic E-state index is 13.4. The lowest BCUT2D eigenvalue weighted by Crippen LogP contribution is -2.30. The van der Waals surface area contributed by atoms with Gasteiger partial charge in [-0.15, -0.1) is 12.4 Å². The molecular formula is C26H33ClN4O7S2. The van der Waals surface area contributed by atoms with Gasteiger partial charge >= 0.3 is 10.1 Å². The number of halogens is 1. The molecular weight excluding hydrogens is 580 g/mol. The minimum Gasteiger partial charge on any atom is -0.493 e. The first-order chi connectivity index (χ1) is 18.5. The van der Waals surface area contributed by atoms with E-state index < -0.39 is 25.0 Å². The lowest BCUT2D eigenvalue weighted by Gasteiger charge is -2.19. The number of sulfonamides is 1. The number of oxime groups is 1. The van der Waals surface area contributed by atoms with Crippen molar-refractivity contribution in [2.45, 2.75) is 29.6 Å². The van der Waals surface area contributed by atoms with Crippen molar-refractivity contribution in [2.75, 3.05) is 26.8 Å². The molecule has 40 heavy (non-hydrogen) atoms. The molecule has 3 aromatic carbocycles.